The van der Waals surface area contributed by atoms with Crippen LogP contribution in [0.1, 0.15) is 37.7 Å². The zero-order valence-corrected chi connectivity index (χ0v) is 14.3. The second-order valence-electron chi connectivity index (χ2n) is 7.72. The van der Waals surface area contributed by atoms with Gasteiger partial charge in [0.25, 0.3) is 0 Å². The predicted molar refractivity (Wildman–Crippen MR) is 95.4 cm³/mol. The van der Waals surface area contributed by atoms with Gasteiger partial charge < -0.3 is 15.3 Å². The number of hydrogen-bond acceptors (Lipinski definition) is 5. The van der Waals surface area contributed by atoms with E-state index in [9.17, 15) is 4.39 Å². The molecule has 1 atom stereocenters. The molecule has 25 heavy (non-hydrogen) atoms. The molecular formula is C18H25FN6. The average Bonchev–Trinajstić information content (AvgIpc) is 3.34. The van der Waals surface area contributed by atoms with Crippen molar-refractivity contribution in [3.05, 3.63) is 23.5 Å². The molecule has 1 aromatic rings. The first-order valence-electron chi connectivity index (χ1n) is 9.41. The van der Waals surface area contributed by atoms with Crippen molar-refractivity contribution in [3.63, 3.8) is 0 Å². The van der Waals surface area contributed by atoms with Crippen LogP contribution in [0.25, 0.3) is 5.70 Å². The molecular weight excluding hydrogens is 319 g/mol. The van der Waals surface area contributed by atoms with Crippen LogP contribution < -0.4 is 11.0 Å². The summed E-state index contributed by atoms with van der Waals surface area (Å²) in [6.07, 6.45) is 8.71. The lowest BCUT2D eigenvalue weighted by molar-refractivity contribution is 0.201. The number of H-pyrrole nitrogens is 1. The molecule has 0 amide bonds. The van der Waals surface area contributed by atoms with E-state index in [0.717, 1.165) is 30.9 Å². The fourth-order valence-electron chi connectivity index (χ4n) is 4.75. The molecule has 0 bridgehead atoms. The van der Waals surface area contributed by atoms with E-state index in [1.54, 1.807) is 0 Å². The summed E-state index contributed by atoms with van der Waals surface area (Å²) in [6, 6.07) is 2.09. The minimum atomic E-state index is -0.605. The van der Waals surface area contributed by atoms with Gasteiger partial charge in [-0.25, -0.2) is 14.4 Å². The van der Waals surface area contributed by atoms with Crippen LogP contribution in [0.4, 0.5) is 10.2 Å². The number of allylic oxidation sites excluding steroid dienone is 1. The van der Waals surface area contributed by atoms with E-state index in [4.69, 9.17) is 0 Å². The second-order valence-corrected chi connectivity index (χ2v) is 7.72. The lowest BCUT2D eigenvalue weighted by Crippen LogP contribution is -2.38. The quantitative estimate of drug-likeness (QED) is 0.789. The minimum absolute atomic E-state index is 0.547. The Morgan fingerprint density at radius 3 is 2.88 bits per heavy atom. The first kappa shape index (κ1) is 15.4. The molecule has 7 heteroatoms. The number of likely N-dealkylation sites (tertiary alicyclic amines) is 1. The molecule has 4 aliphatic rings. The van der Waals surface area contributed by atoms with Crippen molar-refractivity contribution in [2.75, 3.05) is 19.6 Å². The number of aromatic nitrogens is 1. The summed E-state index contributed by atoms with van der Waals surface area (Å²) in [7, 11) is 0. The van der Waals surface area contributed by atoms with Crippen molar-refractivity contribution in [1.82, 2.24) is 25.9 Å². The lowest BCUT2D eigenvalue weighted by Gasteiger charge is -2.32. The first-order valence-corrected chi connectivity index (χ1v) is 9.41. The molecule has 5 rings (SSSR count). The van der Waals surface area contributed by atoms with Crippen molar-refractivity contribution in [2.24, 2.45) is 16.8 Å². The Morgan fingerprint density at radius 2 is 2.08 bits per heavy atom. The third-order valence-corrected chi connectivity index (χ3v) is 6.08. The number of hydrazine groups is 2. The molecule has 134 valence electrons. The standard InChI is InChI=1S/C18H25FN6/c19-14-6-8-24(10-14)9-12-1-3-13(4-2-12)16-17-15-5-7-20-18(15)21-11-25(17)23-22-16/h5,7,11-14,20,22-23H,1-4,6,8-10H2/t12?,13?,14-/m0/s1. The lowest BCUT2D eigenvalue weighted by atomic mass is 9.79. The molecule has 0 unspecified atom stereocenters. The maximum absolute atomic E-state index is 13.4. The van der Waals surface area contributed by atoms with Crippen molar-refractivity contribution in [1.29, 1.82) is 0 Å². The van der Waals surface area contributed by atoms with Gasteiger partial charge >= 0.3 is 0 Å². The second kappa shape index (κ2) is 6.14. The molecule has 1 aliphatic carbocycles. The van der Waals surface area contributed by atoms with Gasteiger partial charge in [0.15, 0.2) is 0 Å². The van der Waals surface area contributed by atoms with Gasteiger partial charge in [-0.1, -0.05) is 0 Å². The summed E-state index contributed by atoms with van der Waals surface area (Å²) >= 11 is 0. The van der Waals surface area contributed by atoms with Crippen LogP contribution in [0.5, 0.6) is 0 Å². The van der Waals surface area contributed by atoms with Gasteiger partial charge in [-0.2, -0.15) is 0 Å². The molecule has 4 heterocycles. The van der Waals surface area contributed by atoms with Crippen LogP contribution in [0, 0.1) is 11.8 Å². The fraction of sp³-hybridized carbons (Fsp3) is 0.611. The summed E-state index contributed by atoms with van der Waals surface area (Å²) in [5.74, 6) is 2.19. The molecule has 1 aromatic heterocycles. The highest BCUT2D eigenvalue weighted by Gasteiger charge is 2.34. The number of nitrogens with one attached hydrogen (secondary N) is 3. The highest BCUT2D eigenvalue weighted by Crippen LogP contribution is 2.40. The molecule has 2 fully saturated rings. The van der Waals surface area contributed by atoms with Crippen molar-refractivity contribution < 1.29 is 4.39 Å². The van der Waals surface area contributed by atoms with E-state index in [2.05, 4.69) is 31.9 Å². The van der Waals surface area contributed by atoms with Gasteiger partial charge in [0, 0.05) is 37.3 Å². The van der Waals surface area contributed by atoms with Crippen LogP contribution in [-0.2, 0) is 0 Å². The molecule has 3 aliphatic heterocycles. The van der Waals surface area contributed by atoms with E-state index < -0.39 is 6.17 Å². The van der Waals surface area contributed by atoms with Crippen LogP contribution in [0.15, 0.2) is 23.0 Å². The molecule has 0 radical (unpaired) electrons. The third kappa shape index (κ3) is 2.75. The van der Waals surface area contributed by atoms with Crippen LogP contribution in [0.3, 0.4) is 0 Å². The van der Waals surface area contributed by atoms with Crippen LogP contribution in [-0.4, -0.2) is 47.0 Å². The van der Waals surface area contributed by atoms with E-state index in [-0.39, 0.29) is 0 Å². The smallest absolute Gasteiger partial charge is 0.141 e. The molecule has 1 saturated carbocycles. The maximum atomic E-state index is 13.4. The zero-order chi connectivity index (χ0) is 16.8. The van der Waals surface area contributed by atoms with E-state index in [1.807, 2.05) is 17.5 Å². The van der Waals surface area contributed by atoms with E-state index in [1.165, 1.54) is 37.1 Å². The van der Waals surface area contributed by atoms with Crippen molar-refractivity contribution in [2.45, 2.75) is 38.3 Å². The molecule has 1 saturated heterocycles. The van der Waals surface area contributed by atoms with Gasteiger partial charge in [-0.05, 0) is 44.1 Å². The summed E-state index contributed by atoms with van der Waals surface area (Å²) in [4.78, 5) is 9.94. The van der Waals surface area contributed by atoms with Crippen molar-refractivity contribution in [3.8, 4) is 0 Å². The SMILES string of the molecule is F[C@H]1CCN(CC2CCC(C3=C4c5cc[nH]c5N=CN4NN3)CC2)C1. The Hall–Kier alpha value is -1.86. The minimum Gasteiger partial charge on any atom is -0.346 e. The maximum Gasteiger partial charge on any atom is 0.141 e. The Balaban J connectivity index is 1.27. The van der Waals surface area contributed by atoms with Gasteiger partial charge in [0.05, 0.1) is 11.4 Å². The van der Waals surface area contributed by atoms with Gasteiger partial charge in [0.1, 0.15) is 18.3 Å². The number of aliphatic imine (C=N–C) groups is 1. The molecule has 0 spiro atoms. The summed E-state index contributed by atoms with van der Waals surface area (Å²) in [5, 5.41) is 1.98. The molecule has 0 aromatic carbocycles. The number of nitrogens with zero attached hydrogens (tertiary/aromatic N) is 3. The number of fused-ring (bicyclic) bond motifs is 3. The number of hydrogen-bond donors (Lipinski definition) is 3. The highest BCUT2D eigenvalue weighted by molar-refractivity contribution is 5.87. The van der Waals surface area contributed by atoms with E-state index in [0.29, 0.717) is 18.4 Å². The predicted octanol–water partition coefficient (Wildman–Crippen LogP) is 2.53. The first-order chi connectivity index (χ1) is 12.3. The van der Waals surface area contributed by atoms with E-state index >= 15 is 0 Å². The van der Waals surface area contributed by atoms with Gasteiger partial charge in [0.2, 0.25) is 0 Å². The summed E-state index contributed by atoms with van der Waals surface area (Å²) in [6.45, 7) is 2.66. The normalized spacial score (nSPS) is 32.0. The number of rotatable bonds is 3. The number of aromatic amines is 1. The Labute approximate surface area is 147 Å². The van der Waals surface area contributed by atoms with Crippen molar-refractivity contribution >= 4 is 17.9 Å². The molecule has 6 nitrogen and oxygen atoms in total. The monoisotopic (exact) mass is 344 g/mol. The Morgan fingerprint density at radius 1 is 1.20 bits per heavy atom. The molecule has 3 N–H and O–H groups in total. The van der Waals surface area contributed by atoms with Crippen LogP contribution in [0.2, 0.25) is 0 Å². The highest BCUT2D eigenvalue weighted by atomic mass is 19.1. The summed E-state index contributed by atoms with van der Waals surface area (Å²) in [5.41, 5.74) is 10.2. The number of halogens is 1. The van der Waals surface area contributed by atoms with Gasteiger partial charge in [-0.3, -0.25) is 0 Å². The largest absolute Gasteiger partial charge is 0.346 e. The Bertz CT molecular complexity index is 702. The fourth-order valence-corrected chi connectivity index (χ4v) is 4.75. The van der Waals surface area contributed by atoms with Gasteiger partial charge in [-0.15, -0.1) is 5.53 Å². The number of alkyl halides is 1. The topological polar surface area (TPSA) is 58.7 Å². The summed E-state index contributed by atoms with van der Waals surface area (Å²) < 4.78 is 13.4. The van der Waals surface area contributed by atoms with Crippen LogP contribution >= 0.6 is 0 Å². The third-order valence-electron chi connectivity index (χ3n) is 6.08. The zero-order valence-electron chi connectivity index (χ0n) is 14.3. The Kier molecular flexibility index (Phi) is 3.78. The average molecular weight is 344 g/mol.